The van der Waals surface area contributed by atoms with Gasteiger partial charge >= 0.3 is 0 Å². The topological polar surface area (TPSA) is 30.7 Å². The molecule has 2 heterocycles. The van der Waals surface area contributed by atoms with Gasteiger partial charge in [0.1, 0.15) is 0 Å². The van der Waals surface area contributed by atoms with Crippen molar-refractivity contribution in [3.05, 3.63) is 47.8 Å². The van der Waals surface area contributed by atoms with E-state index < -0.39 is 0 Å². The second kappa shape index (κ2) is 3.95. The average Bonchev–Trinajstić information content (AvgIpc) is 2.69. The molecule has 3 aromatic rings. The second-order valence-electron chi connectivity index (χ2n) is 4.61. The average molecular weight is 237 g/mol. The number of hydrogen-bond acceptors (Lipinski definition) is 2. The molecule has 3 heteroatoms. The molecule has 1 aromatic carbocycles. The van der Waals surface area contributed by atoms with Gasteiger partial charge in [0.15, 0.2) is 0 Å². The van der Waals surface area contributed by atoms with Gasteiger partial charge in [0.05, 0.1) is 16.9 Å². The van der Waals surface area contributed by atoms with Crippen LogP contribution in [0.1, 0.15) is 11.3 Å². The molecule has 90 valence electrons. The number of nitrogens with zero attached hydrogens (tertiary/aromatic N) is 3. The van der Waals surface area contributed by atoms with Gasteiger partial charge in [-0.3, -0.25) is 9.67 Å². The van der Waals surface area contributed by atoms with E-state index >= 15 is 0 Å². The Balaban J connectivity index is 2.30. The van der Waals surface area contributed by atoms with Crippen LogP contribution >= 0.6 is 0 Å². The van der Waals surface area contributed by atoms with E-state index in [9.17, 15) is 0 Å². The lowest BCUT2D eigenvalue weighted by Crippen LogP contribution is -1.96. The highest BCUT2D eigenvalue weighted by Crippen LogP contribution is 2.28. The fraction of sp³-hybridized carbons (Fsp3) is 0.200. The Morgan fingerprint density at radius 1 is 1.11 bits per heavy atom. The summed E-state index contributed by atoms with van der Waals surface area (Å²) in [7, 11) is 1.98. The summed E-state index contributed by atoms with van der Waals surface area (Å²) < 4.78 is 1.92. The van der Waals surface area contributed by atoms with Crippen molar-refractivity contribution in [3.8, 4) is 11.3 Å². The Morgan fingerprint density at radius 3 is 2.67 bits per heavy atom. The first-order chi connectivity index (χ1) is 8.66. The van der Waals surface area contributed by atoms with Crippen LogP contribution in [0.2, 0.25) is 0 Å². The summed E-state index contributed by atoms with van der Waals surface area (Å²) in [5.41, 5.74) is 5.64. The Bertz CT molecular complexity index is 726. The highest BCUT2D eigenvalue weighted by Gasteiger charge is 2.10. The van der Waals surface area contributed by atoms with Gasteiger partial charge < -0.3 is 0 Å². The summed E-state index contributed by atoms with van der Waals surface area (Å²) in [6.45, 7) is 4.13. The lowest BCUT2D eigenvalue weighted by molar-refractivity contribution is 0.764. The van der Waals surface area contributed by atoms with Crippen LogP contribution < -0.4 is 0 Å². The Morgan fingerprint density at radius 2 is 1.94 bits per heavy atom. The Hall–Kier alpha value is -2.16. The van der Waals surface area contributed by atoms with Crippen molar-refractivity contribution in [1.82, 2.24) is 14.8 Å². The molecule has 3 nitrogen and oxygen atoms in total. The van der Waals surface area contributed by atoms with Crippen molar-refractivity contribution in [2.24, 2.45) is 7.05 Å². The van der Waals surface area contributed by atoms with Gasteiger partial charge in [-0.1, -0.05) is 18.2 Å². The molecule has 0 amide bonds. The largest absolute Gasteiger partial charge is 0.268 e. The van der Waals surface area contributed by atoms with Crippen LogP contribution in [0.15, 0.2) is 36.5 Å². The third-order valence-corrected chi connectivity index (χ3v) is 3.31. The summed E-state index contributed by atoms with van der Waals surface area (Å²) in [6, 6.07) is 10.4. The standard InChI is InChI=1S/C15H15N3/c1-10-9-14(18(3)17-10)13-7-6-12-5-4-8-16-15(12)11(13)2/h4-9H,1-3H3. The van der Waals surface area contributed by atoms with Crippen LogP contribution in [0.5, 0.6) is 0 Å². The minimum atomic E-state index is 1.04. The van der Waals surface area contributed by atoms with Gasteiger partial charge in [-0.2, -0.15) is 5.10 Å². The maximum absolute atomic E-state index is 4.47. The fourth-order valence-electron chi connectivity index (χ4n) is 2.43. The monoisotopic (exact) mass is 237 g/mol. The van der Waals surface area contributed by atoms with Crippen LogP contribution in [0.4, 0.5) is 0 Å². The van der Waals surface area contributed by atoms with Gasteiger partial charge in [0.25, 0.3) is 0 Å². The van der Waals surface area contributed by atoms with Crippen molar-refractivity contribution in [1.29, 1.82) is 0 Å². The fourth-order valence-corrected chi connectivity index (χ4v) is 2.43. The van der Waals surface area contributed by atoms with Crippen LogP contribution in [0.25, 0.3) is 22.2 Å². The van der Waals surface area contributed by atoms with Crippen molar-refractivity contribution in [2.45, 2.75) is 13.8 Å². The second-order valence-corrected chi connectivity index (χ2v) is 4.61. The number of hydrogen-bond donors (Lipinski definition) is 0. The minimum Gasteiger partial charge on any atom is -0.268 e. The Kier molecular flexibility index (Phi) is 2.40. The molecule has 0 saturated carbocycles. The minimum absolute atomic E-state index is 1.04. The predicted octanol–water partition coefficient (Wildman–Crippen LogP) is 3.25. The van der Waals surface area contributed by atoms with E-state index in [4.69, 9.17) is 0 Å². The molecule has 0 unspecified atom stereocenters. The number of benzene rings is 1. The van der Waals surface area contributed by atoms with E-state index in [1.165, 1.54) is 16.5 Å². The van der Waals surface area contributed by atoms with Crippen LogP contribution in [0, 0.1) is 13.8 Å². The zero-order valence-corrected chi connectivity index (χ0v) is 10.8. The van der Waals surface area contributed by atoms with Crippen molar-refractivity contribution < 1.29 is 0 Å². The highest BCUT2D eigenvalue weighted by atomic mass is 15.3. The molecule has 0 aliphatic rings. The van der Waals surface area contributed by atoms with Gasteiger partial charge in [-0.15, -0.1) is 0 Å². The SMILES string of the molecule is Cc1cc(-c2ccc3cccnc3c2C)n(C)n1. The maximum atomic E-state index is 4.47. The first-order valence-electron chi connectivity index (χ1n) is 6.02. The number of rotatable bonds is 1. The van der Waals surface area contributed by atoms with E-state index in [-0.39, 0.29) is 0 Å². The predicted molar refractivity (Wildman–Crippen MR) is 73.4 cm³/mol. The van der Waals surface area contributed by atoms with Crippen LogP contribution in [0.3, 0.4) is 0 Å². The van der Waals surface area contributed by atoms with E-state index in [1.807, 2.05) is 30.9 Å². The molecule has 0 atom stereocenters. The van der Waals surface area contributed by atoms with E-state index in [0.717, 1.165) is 16.9 Å². The lowest BCUT2D eigenvalue weighted by Gasteiger charge is -2.08. The molecule has 0 fully saturated rings. The molecule has 0 aliphatic carbocycles. The number of aromatic nitrogens is 3. The molecular weight excluding hydrogens is 222 g/mol. The molecule has 18 heavy (non-hydrogen) atoms. The number of pyridine rings is 1. The zero-order chi connectivity index (χ0) is 12.7. The van der Waals surface area contributed by atoms with Crippen molar-refractivity contribution in [3.63, 3.8) is 0 Å². The van der Waals surface area contributed by atoms with E-state index in [0.29, 0.717) is 0 Å². The molecule has 0 spiro atoms. The van der Waals surface area contributed by atoms with Crippen LogP contribution in [-0.2, 0) is 7.05 Å². The van der Waals surface area contributed by atoms with Gasteiger partial charge in [-0.25, -0.2) is 0 Å². The smallest absolute Gasteiger partial charge is 0.0737 e. The van der Waals surface area contributed by atoms with Gasteiger partial charge in [0.2, 0.25) is 0 Å². The summed E-state index contributed by atoms with van der Waals surface area (Å²) in [5, 5.41) is 5.58. The third kappa shape index (κ3) is 1.59. The summed E-state index contributed by atoms with van der Waals surface area (Å²) in [5.74, 6) is 0. The first kappa shape index (κ1) is 11.0. The summed E-state index contributed by atoms with van der Waals surface area (Å²) in [6.07, 6.45) is 1.84. The third-order valence-electron chi connectivity index (χ3n) is 3.31. The molecule has 0 bridgehead atoms. The quantitative estimate of drug-likeness (QED) is 0.650. The van der Waals surface area contributed by atoms with Crippen molar-refractivity contribution >= 4 is 10.9 Å². The molecule has 0 aliphatic heterocycles. The molecule has 0 radical (unpaired) electrons. The summed E-state index contributed by atoms with van der Waals surface area (Å²) >= 11 is 0. The molecule has 2 aromatic heterocycles. The summed E-state index contributed by atoms with van der Waals surface area (Å²) in [4.78, 5) is 4.47. The maximum Gasteiger partial charge on any atom is 0.0737 e. The molecule has 0 N–H and O–H groups in total. The number of aryl methyl sites for hydroxylation is 3. The van der Waals surface area contributed by atoms with Crippen LogP contribution in [-0.4, -0.2) is 14.8 Å². The highest BCUT2D eigenvalue weighted by molar-refractivity contribution is 5.87. The first-order valence-corrected chi connectivity index (χ1v) is 6.02. The normalized spacial score (nSPS) is 11.1. The molecule has 0 saturated heterocycles. The molecular formula is C15H15N3. The van der Waals surface area contributed by atoms with Gasteiger partial charge in [-0.05, 0) is 31.5 Å². The van der Waals surface area contributed by atoms with Gasteiger partial charge in [0, 0.05) is 24.2 Å². The van der Waals surface area contributed by atoms with Crippen molar-refractivity contribution in [2.75, 3.05) is 0 Å². The Labute approximate surface area is 106 Å². The number of fused-ring (bicyclic) bond motifs is 1. The van der Waals surface area contributed by atoms with E-state index in [2.05, 4.69) is 41.3 Å². The lowest BCUT2D eigenvalue weighted by atomic mass is 10.0. The molecule has 3 rings (SSSR count). The zero-order valence-electron chi connectivity index (χ0n) is 10.8. The van der Waals surface area contributed by atoms with E-state index in [1.54, 1.807) is 0 Å².